The van der Waals surface area contributed by atoms with Crippen LogP contribution in [-0.4, -0.2) is 23.2 Å². The molecular formula is C14H23NO2. The lowest BCUT2D eigenvalue weighted by Crippen LogP contribution is -2.45. The number of carbonyl (C=O) groups excluding carboxylic acids is 1. The second kappa shape index (κ2) is 4.27. The zero-order valence-corrected chi connectivity index (χ0v) is 10.5. The quantitative estimate of drug-likeness (QED) is 0.787. The molecule has 3 saturated carbocycles. The maximum Gasteiger partial charge on any atom is 0.223 e. The highest BCUT2D eigenvalue weighted by Crippen LogP contribution is 2.54. The first-order valence-corrected chi connectivity index (χ1v) is 7.16. The molecule has 3 rings (SSSR count). The Bertz CT molecular complexity index is 299. The number of aliphatic hydroxyl groups is 1. The highest BCUT2D eigenvalue weighted by molar-refractivity contribution is 5.79. The van der Waals surface area contributed by atoms with Gasteiger partial charge in [0, 0.05) is 12.5 Å². The number of nitrogens with one attached hydrogen (secondary N) is 1. The van der Waals surface area contributed by atoms with Crippen molar-refractivity contribution in [3.8, 4) is 0 Å². The first-order chi connectivity index (χ1) is 8.16. The molecule has 0 spiro atoms. The van der Waals surface area contributed by atoms with Crippen molar-refractivity contribution in [2.45, 2.75) is 57.0 Å². The maximum atomic E-state index is 12.0. The third-order valence-electron chi connectivity index (χ3n) is 4.99. The van der Waals surface area contributed by atoms with Gasteiger partial charge >= 0.3 is 0 Å². The van der Waals surface area contributed by atoms with Crippen LogP contribution in [0.4, 0.5) is 0 Å². The molecule has 0 aromatic rings. The van der Waals surface area contributed by atoms with E-state index in [1.165, 1.54) is 12.8 Å². The second-order valence-corrected chi connectivity index (χ2v) is 6.43. The Balaban J connectivity index is 1.45. The number of rotatable bonds is 3. The van der Waals surface area contributed by atoms with Crippen LogP contribution >= 0.6 is 0 Å². The predicted octanol–water partition coefficient (Wildman–Crippen LogP) is 1.84. The van der Waals surface area contributed by atoms with Gasteiger partial charge in [0.05, 0.1) is 5.60 Å². The van der Waals surface area contributed by atoms with Gasteiger partial charge in [-0.15, -0.1) is 0 Å². The first-order valence-electron chi connectivity index (χ1n) is 7.16. The van der Waals surface area contributed by atoms with E-state index in [2.05, 4.69) is 5.32 Å². The fourth-order valence-corrected chi connectivity index (χ4v) is 3.71. The third kappa shape index (κ3) is 2.49. The van der Waals surface area contributed by atoms with E-state index in [-0.39, 0.29) is 11.8 Å². The van der Waals surface area contributed by atoms with Crippen LogP contribution in [0.3, 0.4) is 0 Å². The van der Waals surface area contributed by atoms with E-state index in [0.29, 0.717) is 6.54 Å². The van der Waals surface area contributed by atoms with Gasteiger partial charge in [0.15, 0.2) is 0 Å². The molecule has 3 nitrogen and oxygen atoms in total. The van der Waals surface area contributed by atoms with E-state index in [1.807, 2.05) is 0 Å². The van der Waals surface area contributed by atoms with Crippen molar-refractivity contribution in [2.75, 3.05) is 6.54 Å². The Morgan fingerprint density at radius 2 is 1.76 bits per heavy atom. The molecule has 0 radical (unpaired) electrons. The molecule has 0 aliphatic heterocycles. The lowest BCUT2D eigenvalue weighted by Gasteiger charge is -2.32. The average Bonchev–Trinajstić information content (AvgIpc) is 2.94. The largest absolute Gasteiger partial charge is 0.388 e. The topological polar surface area (TPSA) is 49.3 Å². The summed E-state index contributed by atoms with van der Waals surface area (Å²) >= 11 is 0. The number of amides is 1. The normalized spacial score (nSPS) is 38.5. The Labute approximate surface area is 103 Å². The van der Waals surface area contributed by atoms with E-state index in [1.54, 1.807) is 0 Å². The van der Waals surface area contributed by atoms with Crippen LogP contribution in [0, 0.1) is 17.8 Å². The fourth-order valence-electron chi connectivity index (χ4n) is 3.71. The van der Waals surface area contributed by atoms with Gasteiger partial charge in [-0.3, -0.25) is 4.79 Å². The Hall–Kier alpha value is -0.570. The van der Waals surface area contributed by atoms with Crippen molar-refractivity contribution in [2.24, 2.45) is 17.8 Å². The van der Waals surface area contributed by atoms with Gasteiger partial charge in [0.2, 0.25) is 5.91 Å². The summed E-state index contributed by atoms with van der Waals surface area (Å²) in [7, 11) is 0. The smallest absolute Gasteiger partial charge is 0.223 e. The molecule has 3 aliphatic carbocycles. The molecule has 0 heterocycles. The number of carbonyl (C=O) groups is 1. The zero-order valence-electron chi connectivity index (χ0n) is 10.5. The van der Waals surface area contributed by atoms with Crippen molar-refractivity contribution in [1.29, 1.82) is 0 Å². The molecule has 96 valence electrons. The van der Waals surface area contributed by atoms with Crippen LogP contribution in [0.25, 0.3) is 0 Å². The summed E-state index contributed by atoms with van der Waals surface area (Å²) in [6.07, 6.45) is 8.66. The summed E-state index contributed by atoms with van der Waals surface area (Å²) in [5, 5.41) is 13.3. The molecule has 3 heteroatoms. The van der Waals surface area contributed by atoms with Crippen molar-refractivity contribution in [3.05, 3.63) is 0 Å². The molecule has 1 amide bonds. The molecule has 0 aromatic heterocycles. The average molecular weight is 237 g/mol. The minimum absolute atomic E-state index is 0.191. The van der Waals surface area contributed by atoms with Crippen LogP contribution in [0.15, 0.2) is 0 Å². The number of hydrogen-bond donors (Lipinski definition) is 2. The van der Waals surface area contributed by atoms with E-state index >= 15 is 0 Å². The van der Waals surface area contributed by atoms with Crippen molar-refractivity contribution in [3.63, 3.8) is 0 Å². The molecule has 0 saturated heterocycles. The van der Waals surface area contributed by atoms with E-state index in [0.717, 1.165) is 50.4 Å². The summed E-state index contributed by atoms with van der Waals surface area (Å²) in [5.41, 5.74) is -0.616. The van der Waals surface area contributed by atoms with Gasteiger partial charge in [-0.2, -0.15) is 0 Å². The standard InChI is InChI=1S/C14H23NO2/c16-13(12-7-10-6-11(10)8-12)15-9-14(17)4-2-1-3-5-14/h10-12,17H,1-9H2,(H,15,16). The van der Waals surface area contributed by atoms with Gasteiger partial charge in [-0.25, -0.2) is 0 Å². The van der Waals surface area contributed by atoms with Gasteiger partial charge in [-0.05, 0) is 43.9 Å². The van der Waals surface area contributed by atoms with Gasteiger partial charge in [0.1, 0.15) is 0 Å². The molecule has 0 aromatic carbocycles. The first kappa shape index (κ1) is 11.5. The Morgan fingerprint density at radius 1 is 1.12 bits per heavy atom. The summed E-state index contributed by atoms with van der Waals surface area (Å²) < 4.78 is 0. The molecular weight excluding hydrogens is 214 g/mol. The van der Waals surface area contributed by atoms with E-state index in [9.17, 15) is 9.90 Å². The molecule has 2 unspecified atom stereocenters. The van der Waals surface area contributed by atoms with Crippen molar-refractivity contribution >= 4 is 5.91 Å². The lowest BCUT2D eigenvalue weighted by atomic mass is 9.85. The molecule has 3 aliphatic rings. The summed E-state index contributed by atoms with van der Waals surface area (Å²) in [4.78, 5) is 12.0. The van der Waals surface area contributed by atoms with Crippen molar-refractivity contribution < 1.29 is 9.90 Å². The molecule has 17 heavy (non-hydrogen) atoms. The van der Waals surface area contributed by atoms with Crippen LogP contribution < -0.4 is 5.32 Å². The van der Waals surface area contributed by atoms with Crippen LogP contribution in [0.1, 0.15) is 51.4 Å². The summed E-state index contributed by atoms with van der Waals surface area (Å²) in [6, 6.07) is 0. The summed E-state index contributed by atoms with van der Waals surface area (Å²) in [6.45, 7) is 0.470. The third-order valence-corrected chi connectivity index (χ3v) is 4.99. The predicted molar refractivity (Wildman–Crippen MR) is 65.4 cm³/mol. The van der Waals surface area contributed by atoms with Gasteiger partial charge in [0.25, 0.3) is 0 Å². The molecule has 0 bridgehead atoms. The minimum atomic E-state index is -0.616. The van der Waals surface area contributed by atoms with Crippen LogP contribution in [0.2, 0.25) is 0 Å². The van der Waals surface area contributed by atoms with Gasteiger partial charge < -0.3 is 10.4 Å². The summed E-state index contributed by atoms with van der Waals surface area (Å²) in [5.74, 6) is 2.13. The molecule has 2 N–H and O–H groups in total. The number of hydrogen-bond acceptors (Lipinski definition) is 2. The highest BCUT2D eigenvalue weighted by atomic mass is 16.3. The fraction of sp³-hybridized carbons (Fsp3) is 0.929. The SMILES string of the molecule is O=C(NCC1(O)CCCCC1)C1CC2CC2C1. The lowest BCUT2D eigenvalue weighted by molar-refractivity contribution is -0.126. The maximum absolute atomic E-state index is 12.0. The Kier molecular flexibility index (Phi) is 2.89. The van der Waals surface area contributed by atoms with Crippen LogP contribution in [0.5, 0.6) is 0 Å². The monoisotopic (exact) mass is 237 g/mol. The van der Waals surface area contributed by atoms with E-state index in [4.69, 9.17) is 0 Å². The van der Waals surface area contributed by atoms with Crippen LogP contribution in [-0.2, 0) is 4.79 Å². The molecule has 3 fully saturated rings. The highest BCUT2D eigenvalue weighted by Gasteiger charge is 2.48. The zero-order chi connectivity index (χ0) is 11.9. The minimum Gasteiger partial charge on any atom is -0.388 e. The van der Waals surface area contributed by atoms with Crippen molar-refractivity contribution in [1.82, 2.24) is 5.32 Å². The second-order valence-electron chi connectivity index (χ2n) is 6.43. The Morgan fingerprint density at radius 3 is 2.41 bits per heavy atom. The number of fused-ring (bicyclic) bond motifs is 1. The van der Waals surface area contributed by atoms with E-state index < -0.39 is 5.60 Å². The van der Waals surface area contributed by atoms with Gasteiger partial charge in [-0.1, -0.05) is 19.3 Å². The molecule has 2 atom stereocenters.